The van der Waals surface area contributed by atoms with Gasteiger partial charge in [-0.1, -0.05) is 17.3 Å². The second-order valence-electron chi connectivity index (χ2n) is 5.02. The van der Waals surface area contributed by atoms with Crippen molar-refractivity contribution in [2.24, 2.45) is 0 Å². The lowest BCUT2D eigenvalue weighted by atomic mass is 10.2. The maximum absolute atomic E-state index is 13.2. The predicted molar refractivity (Wildman–Crippen MR) is 72.9 cm³/mol. The van der Waals surface area contributed by atoms with E-state index in [-0.39, 0.29) is 17.6 Å². The summed E-state index contributed by atoms with van der Waals surface area (Å²) in [6.07, 6.45) is 0. The first kappa shape index (κ1) is 14.2. The molecule has 1 N–H and O–H groups in total. The zero-order valence-electron chi connectivity index (χ0n) is 11.9. The molecular formula is C14H13FN4O3. The van der Waals surface area contributed by atoms with E-state index in [2.05, 4.69) is 15.5 Å². The van der Waals surface area contributed by atoms with E-state index < -0.39 is 23.9 Å². The summed E-state index contributed by atoms with van der Waals surface area (Å²) < 4.78 is 18.3. The number of aromatic nitrogens is 2. The Kier molecular flexibility index (Phi) is 3.36. The molecule has 1 saturated heterocycles. The summed E-state index contributed by atoms with van der Waals surface area (Å²) in [4.78, 5) is 28.9. The van der Waals surface area contributed by atoms with E-state index in [1.165, 1.54) is 18.2 Å². The molecule has 1 aromatic heterocycles. The summed E-state index contributed by atoms with van der Waals surface area (Å²) in [5.74, 6) is -0.471. The molecule has 22 heavy (non-hydrogen) atoms. The smallest absolute Gasteiger partial charge is 0.325 e. The van der Waals surface area contributed by atoms with E-state index in [4.69, 9.17) is 4.52 Å². The maximum Gasteiger partial charge on any atom is 0.325 e. The van der Waals surface area contributed by atoms with Gasteiger partial charge in [0.2, 0.25) is 11.7 Å². The number of carbonyl (C=O) groups is 2. The molecule has 0 radical (unpaired) electrons. The molecule has 8 heteroatoms. The number of hydrogen-bond acceptors (Lipinski definition) is 5. The molecule has 114 valence electrons. The first-order chi connectivity index (χ1) is 10.5. The van der Waals surface area contributed by atoms with Crippen molar-refractivity contribution in [2.45, 2.75) is 25.9 Å². The number of amides is 3. The van der Waals surface area contributed by atoms with Gasteiger partial charge in [-0.05, 0) is 26.0 Å². The highest BCUT2D eigenvalue weighted by molar-refractivity contribution is 6.04. The lowest BCUT2D eigenvalue weighted by Crippen LogP contribution is -2.34. The molecular weight excluding hydrogens is 291 g/mol. The van der Waals surface area contributed by atoms with Crippen molar-refractivity contribution >= 4 is 11.9 Å². The van der Waals surface area contributed by atoms with Crippen LogP contribution in [-0.2, 0) is 4.79 Å². The van der Waals surface area contributed by atoms with Gasteiger partial charge in [-0.25, -0.2) is 9.18 Å². The monoisotopic (exact) mass is 304 g/mol. The molecule has 0 aliphatic carbocycles. The van der Waals surface area contributed by atoms with Crippen molar-refractivity contribution in [3.8, 4) is 11.4 Å². The quantitative estimate of drug-likeness (QED) is 0.875. The molecule has 2 heterocycles. The largest absolute Gasteiger partial charge is 0.337 e. The van der Waals surface area contributed by atoms with Crippen LogP contribution in [0.2, 0.25) is 0 Å². The van der Waals surface area contributed by atoms with E-state index in [0.717, 1.165) is 4.90 Å². The average molecular weight is 304 g/mol. The van der Waals surface area contributed by atoms with Crippen molar-refractivity contribution in [1.29, 1.82) is 0 Å². The van der Waals surface area contributed by atoms with Crippen LogP contribution in [0, 0.1) is 5.82 Å². The van der Waals surface area contributed by atoms with Crippen molar-refractivity contribution in [3.63, 3.8) is 0 Å². The van der Waals surface area contributed by atoms with E-state index >= 15 is 0 Å². The Morgan fingerprint density at radius 1 is 1.41 bits per heavy atom. The summed E-state index contributed by atoms with van der Waals surface area (Å²) in [6, 6.07) is 3.96. The van der Waals surface area contributed by atoms with E-state index in [1.807, 2.05) is 0 Å². The van der Waals surface area contributed by atoms with Gasteiger partial charge in [0.1, 0.15) is 17.9 Å². The van der Waals surface area contributed by atoms with Crippen LogP contribution in [0.15, 0.2) is 28.8 Å². The Bertz CT molecular complexity index is 745. The fraction of sp³-hybridized carbons (Fsp3) is 0.286. The van der Waals surface area contributed by atoms with Gasteiger partial charge < -0.3 is 9.84 Å². The van der Waals surface area contributed by atoms with Crippen LogP contribution in [0.4, 0.5) is 9.18 Å². The number of hydrogen-bond donors (Lipinski definition) is 1. The summed E-state index contributed by atoms with van der Waals surface area (Å²) in [5, 5.41) is 6.28. The molecule has 0 bridgehead atoms. The van der Waals surface area contributed by atoms with Crippen LogP contribution in [-0.4, -0.2) is 33.0 Å². The van der Waals surface area contributed by atoms with Crippen LogP contribution in [0.25, 0.3) is 11.4 Å². The summed E-state index contributed by atoms with van der Waals surface area (Å²) in [6.45, 7) is 3.21. The van der Waals surface area contributed by atoms with Crippen molar-refractivity contribution < 1.29 is 18.5 Å². The van der Waals surface area contributed by atoms with E-state index in [9.17, 15) is 14.0 Å². The van der Waals surface area contributed by atoms with Crippen LogP contribution >= 0.6 is 0 Å². The van der Waals surface area contributed by atoms with Crippen LogP contribution in [0.1, 0.15) is 25.8 Å². The molecule has 1 aliphatic heterocycles. The van der Waals surface area contributed by atoms with Crippen molar-refractivity contribution in [1.82, 2.24) is 20.4 Å². The molecule has 3 amide bonds. The molecule has 1 aliphatic rings. The number of benzene rings is 1. The summed E-state index contributed by atoms with van der Waals surface area (Å²) >= 11 is 0. The minimum atomic E-state index is -0.702. The first-order valence-corrected chi connectivity index (χ1v) is 6.70. The fourth-order valence-corrected chi connectivity index (χ4v) is 2.25. The molecule has 1 fully saturated rings. The number of rotatable bonds is 3. The third-order valence-corrected chi connectivity index (χ3v) is 3.44. The van der Waals surface area contributed by atoms with Gasteiger partial charge in [-0.15, -0.1) is 0 Å². The molecule has 0 saturated carbocycles. The SMILES string of the molecule is C[C@@H]1NC(=O)N([C@H](C)c2nc(-c3cccc(F)c3)no2)C1=O. The molecule has 2 atom stereocenters. The van der Waals surface area contributed by atoms with Crippen LogP contribution < -0.4 is 5.32 Å². The van der Waals surface area contributed by atoms with Gasteiger partial charge >= 0.3 is 6.03 Å². The molecule has 3 rings (SSSR count). The third kappa shape index (κ3) is 2.32. The number of imide groups is 1. The van der Waals surface area contributed by atoms with Gasteiger partial charge in [0.25, 0.3) is 5.91 Å². The lowest BCUT2D eigenvalue weighted by Gasteiger charge is -2.17. The van der Waals surface area contributed by atoms with Crippen molar-refractivity contribution in [3.05, 3.63) is 36.0 Å². The first-order valence-electron chi connectivity index (χ1n) is 6.70. The van der Waals surface area contributed by atoms with E-state index in [0.29, 0.717) is 5.56 Å². The number of nitrogens with one attached hydrogen (secondary N) is 1. The standard InChI is InChI=1S/C14H13FN4O3/c1-7-13(20)19(14(21)16-7)8(2)12-17-11(18-22-12)9-4-3-5-10(15)6-9/h3-8H,1-2H3,(H,16,21)/t7-,8+/m0/s1. The Balaban J connectivity index is 1.88. The zero-order valence-corrected chi connectivity index (χ0v) is 11.9. The Morgan fingerprint density at radius 2 is 2.18 bits per heavy atom. The Hall–Kier alpha value is -2.77. The second-order valence-corrected chi connectivity index (χ2v) is 5.02. The Labute approximate surface area is 125 Å². The van der Waals surface area contributed by atoms with Gasteiger partial charge in [0.15, 0.2) is 0 Å². The van der Waals surface area contributed by atoms with Gasteiger partial charge in [0.05, 0.1) is 0 Å². The summed E-state index contributed by atoms with van der Waals surface area (Å²) in [5.41, 5.74) is 0.452. The minimum absolute atomic E-state index is 0.108. The minimum Gasteiger partial charge on any atom is -0.337 e. The maximum atomic E-state index is 13.2. The number of carbonyl (C=O) groups excluding carboxylic acids is 2. The molecule has 1 aromatic carbocycles. The topological polar surface area (TPSA) is 88.3 Å². The molecule has 0 spiro atoms. The molecule has 0 unspecified atom stereocenters. The van der Waals surface area contributed by atoms with Crippen molar-refractivity contribution in [2.75, 3.05) is 0 Å². The van der Waals surface area contributed by atoms with Gasteiger partial charge in [-0.3, -0.25) is 9.69 Å². The molecule has 2 aromatic rings. The normalized spacial score (nSPS) is 19.4. The molecule has 7 nitrogen and oxygen atoms in total. The highest BCUT2D eigenvalue weighted by Gasteiger charge is 2.40. The lowest BCUT2D eigenvalue weighted by molar-refractivity contribution is -0.128. The number of nitrogens with zero attached hydrogens (tertiary/aromatic N) is 3. The summed E-state index contributed by atoms with van der Waals surface area (Å²) in [7, 11) is 0. The second kappa shape index (κ2) is 5.21. The fourth-order valence-electron chi connectivity index (χ4n) is 2.25. The van der Waals surface area contributed by atoms with Crippen LogP contribution in [0.3, 0.4) is 0 Å². The van der Waals surface area contributed by atoms with Gasteiger partial charge in [0, 0.05) is 5.56 Å². The van der Waals surface area contributed by atoms with Gasteiger partial charge in [-0.2, -0.15) is 4.98 Å². The zero-order chi connectivity index (χ0) is 15.9. The highest BCUT2D eigenvalue weighted by Crippen LogP contribution is 2.25. The predicted octanol–water partition coefficient (Wildman–Crippen LogP) is 1.88. The number of urea groups is 1. The average Bonchev–Trinajstić information content (AvgIpc) is 3.05. The van der Waals surface area contributed by atoms with E-state index in [1.54, 1.807) is 19.9 Å². The highest BCUT2D eigenvalue weighted by atomic mass is 19.1. The third-order valence-electron chi connectivity index (χ3n) is 3.44. The number of halogens is 1. The Morgan fingerprint density at radius 3 is 2.82 bits per heavy atom. The van der Waals surface area contributed by atoms with Crippen LogP contribution in [0.5, 0.6) is 0 Å².